The van der Waals surface area contributed by atoms with Gasteiger partial charge < -0.3 is 10.2 Å². The highest BCUT2D eigenvalue weighted by Crippen LogP contribution is 2.32. The number of hydrogen-bond acceptors (Lipinski definition) is 3. The predicted molar refractivity (Wildman–Crippen MR) is 73.8 cm³/mol. The number of piperazine rings is 1. The summed E-state index contributed by atoms with van der Waals surface area (Å²) in [5.41, 5.74) is 3.09. The highest BCUT2D eigenvalue weighted by molar-refractivity contribution is 5.78. The third-order valence-electron chi connectivity index (χ3n) is 3.48. The molecule has 1 aromatic carbocycles. The summed E-state index contributed by atoms with van der Waals surface area (Å²) >= 11 is 0. The van der Waals surface area contributed by atoms with Gasteiger partial charge in [-0.2, -0.15) is 5.10 Å². The molecule has 1 aliphatic rings. The molecular formula is C14H17FN4. The Morgan fingerprint density at radius 3 is 2.53 bits per heavy atom. The maximum absolute atomic E-state index is 13.0. The second-order valence-corrected chi connectivity index (χ2v) is 4.79. The molecule has 0 unspecified atom stereocenters. The lowest BCUT2D eigenvalue weighted by atomic mass is 10.1. The number of rotatable bonds is 2. The third-order valence-corrected chi connectivity index (χ3v) is 3.48. The van der Waals surface area contributed by atoms with Crippen molar-refractivity contribution in [2.24, 2.45) is 0 Å². The highest BCUT2D eigenvalue weighted by atomic mass is 19.1. The SMILES string of the molecule is Cc1[nH]nc(N2CCNCC2)c1-c1ccc(F)cc1. The number of benzene rings is 1. The van der Waals surface area contributed by atoms with Gasteiger partial charge in [-0.15, -0.1) is 0 Å². The number of hydrogen-bond donors (Lipinski definition) is 2. The molecule has 0 amide bonds. The summed E-state index contributed by atoms with van der Waals surface area (Å²) in [6, 6.07) is 6.59. The average molecular weight is 260 g/mol. The molecule has 2 aromatic rings. The number of anilines is 1. The van der Waals surface area contributed by atoms with Gasteiger partial charge >= 0.3 is 0 Å². The van der Waals surface area contributed by atoms with Crippen molar-refractivity contribution in [3.63, 3.8) is 0 Å². The van der Waals surface area contributed by atoms with Crippen LogP contribution in [0.3, 0.4) is 0 Å². The molecule has 0 aliphatic carbocycles. The maximum Gasteiger partial charge on any atom is 0.158 e. The lowest BCUT2D eigenvalue weighted by molar-refractivity contribution is 0.585. The minimum absolute atomic E-state index is 0.214. The second kappa shape index (κ2) is 5.01. The summed E-state index contributed by atoms with van der Waals surface area (Å²) in [6.07, 6.45) is 0. The van der Waals surface area contributed by atoms with Crippen LogP contribution < -0.4 is 10.2 Å². The Morgan fingerprint density at radius 1 is 1.16 bits per heavy atom. The summed E-state index contributed by atoms with van der Waals surface area (Å²) in [5.74, 6) is 0.749. The van der Waals surface area contributed by atoms with Crippen LogP contribution in [0.4, 0.5) is 10.2 Å². The smallest absolute Gasteiger partial charge is 0.158 e. The van der Waals surface area contributed by atoms with Gasteiger partial charge in [-0.05, 0) is 24.6 Å². The monoisotopic (exact) mass is 260 g/mol. The van der Waals surface area contributed by atoms with Gasteiger partial charge in [0.1, 0.15) is 5.82 Å². The number of aromatic amines is 1. The van der Waals surface area contributed by atoms with E-state index in [-0.39, 0.29) is 5.82 Å². The van der Waals surface area contributed by atoms with Crippen LogP contribution >= 0.6 is 0 Å². The van der Waals surface area contributed by atoms with Crippen LogP contribution in [0.25, 0.3) is 11.1 Å². The summed E-state index contributed by atoms with van der Waals surface area (Å²) in [7, 11) is 0. The topological polar surface area (TPSA) is 44.0 Å². The van der Waals surface area contributed by atoms with Crippen LogP contribution in [-0.2, 0) is 0 Å². The Kier molecular flexibility index (Phi) is 3.21. The number of H-pyrrole nitrogens is 1. The fourth-order valence-corrected chi connectivity index (χ4v) is 2.48. The fraction of sp³-hybridized carbons (Fsp3) is 0.357. The van der Waals surface area contributed by atoms with Crippen molar-refractivity contribution in [2.45, 2.75) is 6.92 Å². The van der Waals surface area contributed by atoms with Crippen LogP contribution in [0.15, 0.2) is 24.3 Å². The van der Waals surface area contributed by atoms with E-state index < -0.39 is 0 Å². The first-order valence-electron chi connectivity index (χ1n) is 6.52. The van der Waals surface area contributed by atoms with Crippen molar-refractivity contribution in [1.29, 1.82) is 0 Å². The van der Waals surface area contributed by atoms with Crippen molar-refractivity contribution in [1.82, 2.24) is 15.5 Å². The fourth-order valence-electron chi connectivity index (χ4n) is 2.48. The van der Waals surface area contributed by atoms with Crippen molar-refractivity contribution < 1.29 is 4.39 Å². The molecule has 100 valence electrons. The first-order chi connectivity index (χ1) is 9.25. The predicted octanol–water partition coefficient (Wildman–Crippen LogP) is 1.93. The number of aromatic nitrogens is 2. The minimum atomic E-state index is -0.214. The normalized spacial score (nSPS) is 15.8. The molecule has 2 N–H and O–H groups in total. The van der Waals surface area contributed by atoms with Crippen LogP contribution in [0.2, 0.25) is 0 Å². The van der Waals surface area contributed by atoms with E-state index >= 15 is 0 Å². The minimum Gasteiger partial charge on any atom is -0.352 e. The summed E-state index contributed by atoms with van der Waals surface area (Å²) in [6.45, 7) is 5.82. The molecule has 5 heteroatoms. The zero-order valence-corrected chi connectivity index (χ0v) is 10.9. The number of halogens is 1. The molecular weight excluding hydrogens is 243 g/mol. The van der Waals surface area contributed by atoms with Crippen molar-refractivity contribution in [2.75, 3.05) is 31.1 Å². The Labute approximate surface area is 111 Å². The molecule has 0 bridgehead atoms. The number of aryl methyl sites for hydroxylation is 1. The molecule has 19 heavy (non-hydrogen) atoms. The average Bonchev–Trinajstić information content (AvgIpc) is 2.83. The van der Waals surface area contributed by atoms with Crippen LogP contribution in [-0.4, -0.2) is 36.4 Å². The van der Waals surface area contributed by atoms with Gasteiger partial charge in [0, 0.05) is 37.4 Å². The molecule has 0 spiro atoms. The van der Waals surface area contributed by atoms with E-state index in [1.54, 1.807) is 12.1 Å². The molecule has 0 atom stereocenters. The van der Waals surface area contributed by atoms with Gasteiger partial charge in [-0.1, -0.05) is 12.1 Å². The van der Waals surface area contributed by atoms with E-state index in [9.17, 15) is 4.39 Å². The van der Waals surface area contributed by atoms with E-state index in [2.05, 4.69) is 20.4 Å². The molecule has 1 aromatic heterocycles. The molecule has 2 heterocycles. The van der Waals surface area contributed by atoms with E-state index in [4.69, 9.17) is 0 Å². The zero-order valence-electron chi connectivity index (χ0n) is 10.9. The van der Waals surface area contributed by atoms with Crippen LogP contribution in [0.5, 0.6) is 0 Å². The lowest BCUT2D eigenvalue weighted by Gasteiger charge is -2.28. The van der Waals surface area contributed by atoms with E-state index in [0.717, 1.165) is 48.8 Å². The standard InChI is InChI=1S/C14H17FN4/c1-10-13(11-2-4-12(15)5-3-11)14(18-17-10)19-8-6-16-7-9-19/h2-5,16H,6-9H2,1H3,(H,17,18). The number of nitrogens with zero attached hydrogens (tertiary/aromatic N) is 2. The Morgan fingerprint density at radius 2 is 1.84 bits per heavy atom. The van der Waals surface area contributed by atoms with Gasteiger partial charge in [0.05, 0.1) is 0 Å². The maximum atomic E-state index is 13.0. The summed E-state index contributed by atoms with van der Waals surface area (Å²) in [4.78, 5) is 2.26. The van der Waals surface area contributed by atoms with Gasteiger partial charge in [0.15, 0.2) is 5.82 Å². The molecule has 4 nitrogen and oxygen atoms in total. The van der Waals surface area contributed by atoms with Gasteiger partial charge in [-0.25, -0.2) is 4.39 Å². The van der Waals surface area contributed by atoms with Crippen molar-refractivity contribution >= 4 is 5.82 Å². The van der Waals surface area contributed by atoms with Crippen molar-refractivity contribution in [3.8, 4) is 11.1 Å². The van der Waals surface area contributed by atoms with Gasteiger partial charge in [0.25, 0.3) is 0 Å². The molecule has 0 radical (unpaired) electrons. The first kappa shape index (κ1) is 12.2. The molecule has 3 rings (SSSR count). The highest BCUT2D eigenvalue weighted by Gasteiger charge is 2.19. The van der Waals surface area contributed by atoms with Crippen LogP contribution in [0.1, 0.15) is 5.69 Å². The van der Waals surface area contributed by atoms with Gasteiger partial charge in [0.2, 0.25) is 0 Å². The Bertz CT molecular complexity index is 555. The summed E-state index contributed by atoms with van der Waals surface area (Å²) < 4.78 is 13.0. The van der Waals surface area contributed by atoms with E-state index in [1.807, 2.05) is 6.92 Å². The molecule has 1 fully saturated rings. The lowest BCUT2D eigenvalue weighted by Crippen LogP contribution is -2.43. The quantitative estimate of drug-likeness (QED) is 0.867. The first-order valence-corrected chi connectivity index (χ1v) is 6.52. The Balaban J connectivity index is 2.00. The van der Waals surface area contributed by atoms with Crippen LogP contribution in [0, 0.1) is 12.7 Å². The second-order valence-electron chi connectivity index (χ2n) is 4.79. The van der Waals surface area contributed by atoms with Gasteiger partial charge in [-0.3, -0.25) is 5.10 Å². The third kappa shape index (κ3) is 2.33. The van der Waals surface area contributed by atoms with E-state index in [1.165, 1.54) is 12.1 Å². The van der Waals surface area contributed by atoms with E-state index in [0.29, 0.717) is 0 Å². The summed E-state index contributed by atoms with van der Waals surface area (Å²) in [5, 5.41) is 10.8. The largest absolute Gasteiger partial charge is 0.352 e. The zero-order chi connectivity index (χ0) is 13.2. The van der Waals surface area contributed by atoms with Crippen molar-refractivity contribution in [3.05, 3.63) is 35.8 Å². The molecule has 1 aliphatic heterocycles. The molecule has 1 saturated heterocycles. The Hall–Kier alpha value is -1.88. The molecule has 0 saturated carbocycles. The number of nitrogens with one attached hydrogen (secondary N) is 2.